The number of carbonyl (C=O) groups excluding carboxylic acids is 1. The molecule has 1 aromatic heterocycles. The van der Waals surface area contributed by atoms with Crippen LogP contribution in [0, 0.1) is 74.9 Å². The number of aromatic nitrogens is 2. The van der Waals surface area contributed by atoms with E-state index in [4.69, 9.17) is 28.9 Å². The second-order valence-corrected chi connectivity index (χ2v) is 26.8. The van der Waals surface area contributed by atoms with E-state index in [1.54, 1.807) is 6.92 Å². The van der Waals surface area contributed by atoms with Crippen LogP contribution in [0.3, 0.4) is 0 Å². The van der Waals surface area contributed by atoms with Crippen LogP contribution >= 0.6 is 0 Å². The number of Topliss-reactive ketones (excluding diaryl/α,β-unsaturated/α-hetero) is 1. The van der Waals surface area contributed by atoms with Crippen LogP contribution < -0.4 is 0 Å². The van der Waals surface area contributed by atoms with Crippen molar-refractivity contribution in [3.05, 3.63) is 34.4 Å². The lowest BCUT2D eigenvalue weighted by atomic mass is 9.44. The van der Waals surface area contributed by atoms with Gasteiger partial charge in [0, 0.05) is 48.3 Å². The van der Waals surface area contributed by atoms with Crippen molar-refractivity contribution in [1.82, 2.24) is 9.97 Å². The molecule has 12 heteroatoms. The highest BCUT2D eigenvalue weighted by atomic mass is 16.7. The molecule has 8 aliphatic carbocycles. The van der Waals surface area contributed by atoms with Crippen LogP contribution in [0.2, 0.25) is 0 Å². The first kappa shape index (κ1) is 44.1. The van der Waals surface area contributed by atoms with Crippen molar-refractivity contribution >= 4 is 5.78 Å². The maximum atomic E-state index is 14.8. The Morgan fingerprint density at radius 2 is 1.39 bits per heavy atom. The minimum atomic E-state index is -1.44. The van der Waals surface area contributed by atoms with E-state index in [-0.39, 0.29) is 76.4 Å². The van der Waals surface area contributed by atoms with E-state index >= 15 is 0 Å². The molecule has 1 aromatic rings. The second-order valence-electron chi connectivity index (χ2n) is 26.8. The van der Waals surface area contributed by atoms with Gasteiger partial charge in [-0.2, -0.15) is 0 Å². The zero-order chi connectivity index (χ0) is 46.5. The minimum absolute atomic E-state index is 0.0157. The van der Waals surface area contributed by atoms with Crippen molar-refractivity contribution in [1.29, 1.82) is 0 Å². The lowest BCUT2D eigenvalue weighted by Gasteiger charge is -2.62. The molecule has 4 aliphatic heterocycles. The Hall–Kier alpha value is -1.87. The molecule has 0 aromatic carbocycles. The number of aliphatic hydroxyl groups is 5. The standard InChI is InChI=1S/C54H76N2O10/c1-26-44-39(64-52(26)14-12-45(3,4)66-52)24-51(50(44,9)61)30-11-10-28-16-34-36(22-47(28,6)31(30)19-41(51)59)56-35-17-29-18-38(57)43-32(48(29,7)23-37(35)55-34)20-40(58)49(8)33(43)21-42-54(49,62)27(2)53(65-42)15-13-46(5,60)25-63-53/h21,26-32,38-40,42-44,57-58,60-62H,10-20,22-25H2,1-9H3/t26-,27-,28+,29-,30-,31-,32-,38+,39-,40-,42-,43-,44+,46+,47+,48-,49+,50+,51+,52-,53-,54+/m1/s1. The summed E-state index contributed by atoms with van der Waals surface area (Å²) in [6, 6.07) is 0. The van der Waals surface area contributed by atoms with Gasteiger partial charge in [0.25, 0.3) is 0 Å². The van der Waals surface area contributed by atoms with Crippen molar-refractivity contribution < 1.29 is 49.3 Å². The van der Waals surface area contributed by atoms with E-state index in [1.165, 1.54) is 0 Å². The summed E-state index contributed by atoms with van der Waals surface area (Å²) in [5, 5.41) is 61.3. The number of carbonyl (C=O) groups is 1. The molecular formula is C54H76N2O10. The molecule has 12 nitrogen and oxygen atoms in total. The van der Waals surface area contributed by atoms with Gasteiger partial charge < -0.3 is 44.5 Å². The minimum Gasteiger partial charge on any atom is -0.392 e. The summed E-state index contributed by atoms with van der Waals surface area (Å²) in [6.45, 7) is 19.0. The van der Waals surface area contributed by atoms with Crippen molar-refractivity contribution in [2.45, 2.75) is 211 Å². The van der Waals surface area contributed by atoms with Crippen molar-refractivity contribution in [2.24, 2.45) is 74.9 Å². The molecule has 13 rings (SSSR count). The third-order valence-corrected chi connectivity index (χ3v) is 23.5. The number of fused-ring (bicyclic) bond motifs is 14. The topological polar surface area (TPSA) is 181 Å². The molecular weight excluding hydrogens is 837 g/mol. The Morgan fingerprint density at radius 1 is 0.727 bits per heavy atom. The molecule has 66 heavy (non-hydrogen) atoms. The van der Waals surface area contributed by atoms with Gasteiger partial charge in [0.2, 0.25) is 0 Å². The van der Waals surface area contributed by atoms with E-state index in [2.05, 4.69) is 34.6 Å². The number of hydrogen-bond acceptors (Lipinski definition) is 12. The largest absolute Gasteiger partial charge is 0.392 e. The van der Waals surface area contributed by atoms with Crippen LogP contribution in [-0.2, 0) is 49.4 Å². The van der Waals surface area contributed by atoms with E-state index in [0.717, 1.165) is 79.7 Å². The molecule has 3 spiro atoms. The average Bonchev–Trinajstić information content (AvgIpc) is 3.99. The predicted octanol–water partition coefficient (Wildman–Crippen LogP) is 5.73. The fourth-order valence-electron chi connectivity index (χ4n) is 19.7. The first-order valence-corrected chi connectivity index (χ1v) is 26.2. The van der Waals surface area contributed by atoms with E-state index in [1.807, 2.05) is 26.8 Å². The molecule has 0 radical (unpaired) electrons. The number of ether oxygens (including phenoxy) is 4. The van der Waals surface area contributed by atoms with Gasteiger partial charge in [0.15, 0.2) is 11.6 Å². The molecule has 22 atom stereocenters. The quantitative estimate of drug-likeness (QED) is 0.200. The van der Waals surface area contributed by atoms with Gasteiger partial charge in [-0.1, -0.05) is 46.3 Å². The summed E-state index contributed by atoms with van der Waals surface area (Å²) in [4.78, 5) is 25.9. The van der Waals surface area contributed by atoms with Gasteiger partial charge in [0.05, 0.1) is 69.9 Å². The Morgan fingerprint density at radius 3 is 2.03 bits per heavy atom. The molecule has 0 unspecified atom stereocenters. The first-order valence-electron chi connectivity index (χ1n) is 26.2. The summed E-state index contributed by atoms with van der Waals surface area (Å²) in [5.41, 5.74) is -0.991. The highest BCUT2D eigenvalue weighted by molar-refractivity contribution is 5.90. The van der Waals surface area contributed by atoms with Gasteiger partial charge in [-0.3, -0.25) is 14.8 Å². The van der Waals surface area contributed by atoms with Crippen LogP contribution in [-0.4, -0.2) is 106 Å². The lowest BCUT2D eigenvalue weighted by Crippen LogP contribution is -2.66. The smallest absolute Gasteiger partial charge is 0.174 e. The normalized spacial score (nSPS) is 59.2. The third-order valence-electron chi connectivity index (χ3n) is 23.5. The summed E-state index contributed by atoms with van der Waals surface area (Å²) < 4.78 is 26.5. The van der Waals surface area contributed by atoms with Crippen molar-refractivity contribution in [3.8, 4) is 0 Å². The van der Waals surface area contributed by atoms with Crippen LogP contribution in [0.1, 0.15) is 149 Å². The van der Waals surface area contributed by atoms with Crippen LogP contribution in [0.5, 0.6) is 0 Å². The summed E-state index contributed by atoms with van der Waals surface area (Å²) in [5.74, 6) is -1.71. The molecule has 5 N–H and O–H groups in total. The maximum Gasteiger partial charge on any atom is 0.174 e. The van der Waals surface area contributed by atoms with E-state index < -0.39 is 63.4 Å². The molecule has 0 bridgehead atoms. The Bertz CT molecular complexity index is 2340. The molecule has 362 valence electrons. The van der Waals surface area contributed by atoms with Crippen LogP contribution in [0.25, 0.3) is 0 Å². The Kier molecular flexibility index (Phi) is 8.66. The van der Waals surface area contributed by atoms with Gasteiger partial charge >= 0.3 is 0 Å². The second kappa shape index (κ2) is 13.0. The van der Waals surface area contributed by atoms with E-state index in [9.17, 15) is 30.3 Å². The summed E-state index contributed by atoms with van der Waals surface area (Å²) >= 11 is 0. The lowest BCUT2D eigenvalue weighted by molar-refractivity contribution is -0.289. The molecule has 12 aliphatic rings. The number of ketones is 1. The Labute approximate surface area is 390 Å². The molecule has 0 amide bonds. The molecule has 5 saturated carbocycles. The molecule has 4 saturated heterocycles. The van der Waals surface area contributed by atoms with Crippen LogP contribution in [0.4, 0.5) is 0 Å². The zero-order valence-corrected chi connectivity index (χ0v) is 40.9. The van der Waals surface area contributed by atoms with Crippen molar-refractivity contribution in [2.75, 3.05) is 6.61 Å². The SMILES string of the molecule is C[C@@H]1[C@H]2[C@@H](C[C@]3(C(=O)C[C@@H]4[C@H]3CC[C@H]3Cc5nc6c(nc5C[C@@]34C)C[C@@H]3C[C@H](O)[C@H]4C5=C[C@H]7O[C@]8(CC[C@](C)(O)CO8)[C@@H](C)[C@@]7(O)[C@]5(C)[C@H](O)C[C@H]4[C@]3(C)C6)[C@@]2(C)O)O[C@@]12CCC(C)(C)O2. The van der Waals surface area contributed by atoms with Gasteiger partial charge in [-0.15, -0.1) is 0 Å². The van der Waals surface area contributed by atoms with Crippen LogP contribution in [0.15, 0.2) is 11.6 Å². The number of aliphatic hydroxyl groups excluding tert-OH is 2. The maximum absolute atomic E-state index is 14.8. The highest BCUT2D eigenvalue weighted by Gasteiger charge is 2.80. The number of hydrogen-bond donors (Lipinski definition) is 5. The molecule has 9 fully saturated rings. The third kappa shape index (κ3) is 5.02. The number of nitrogens with zero attached hydrogens (tertiary/aromatic N) is 2. The Balaban J connectivity index is 0.773. The fourth-order valence-corrected chi connectivity index (χ4v) is 19.7. The highest BCUT2D eigenvalue weighted by Crippen LogP contribution is 2.74. The zero-order valence-electron chi connectivity index (χ0n) is 40.9. The molecule has 5 heterocycles. The summed E-state index contributed by atoms with van der Waals surface area (Å²) in [6.07, 6.45) is 9.36. The van der Waals surface area contributed by atoms with E-state index in [0.29, 0.717) is 44.4 Å². The summed E-state index contributed by atoms with van der Waals surface area (Å²) in [7, 11) is 0. The first-order chi connectivity index (χ1) is 30.8. The monoisotopic (exact) mass is 913 g/mol. The average molecular weight is 913 g/mol. The predicted molar refractivity (Wildman–Crippen MR) is 240 cm³/mol. The van der Waals surface area contributed by atoms with Crippen molar-refractivity contribution in [3.63, 3.8) is 0 Å². The van der Waals surface area contributed by atoms with Gasteiger partial charge in [0.1, 0.15) is 17.5 Å². The van der Waals surface area contributed by atoms with Gasteiger partial charge in [-0.25, -0.2) is 0 Å². The fraction of sp³-hybridized carbons (Fsp3) is 0.870. The number of rotatable bonds is 0. The van der Waals surface area contributed by atoms with Gasteiger partial charge in [-0.05, 0) is 139 Å².